The second-order valence-electron chi connectivity index (χ2n) is 4.16. The molecule has 0 aliphatic rings. The Bertz CT molecular complexity index is 168. The Hall–Kier alpha value is -0.570. The van der Waals surface area contributed by atoms with Crippen molar-refractivity contribution in [2.45, 2.75) is 46.1 Å². The number of nitrogens with one attached hydrogen (secondary N) is 1. The molecule has 0 rings (SSSR count). The lowest BCUT2D eigenvalue weighted by Gasteiger charge is -2.27. The normalized spacial score (nSPS) is 15.8. The van der Waals surface area contributed by atoms with Crippen molar-refractivity contribution in [2.75, 3.05) is 6.54 Å². The maximum atomic E-state index is 11.2. The van der Waals surface area contributed by atoms with Crippen LogP contribution in [0.2, 0.25) is 0 Å². The van der Waals surface area contributed by atoms with E-state index in [2.05, 4.69) is 19.2 Å². The number of amides is 1. The number of rotatable bonds is 6. The Labute approximate surface area is 81.1 Å². The van der Waals surface area contributed by atoms with Gasteiger partial charge in [-0.2, -0.15) is 0 Å². The highest BCUT2D eigenvalue weighted by Crippen LogP contribution is 2.15. The molecule has 0 aromatic carbocycles. The molecule has 0 heterocycles. The van der Waals surface area contributed by atoms with Crippen LogP contribution >= 0.6 is 0 Å². The number of carbonyl (C=O) groups is 1. The quantitative estimate of drug-likeness (QED) is 0.656. The fourth-order valence-electron chi connectivity index (χ4n) is 1.27. The highest BCUT2D eigenvalue weighted by molar-refractivity contribution is 5.84. The average Bonchev–Trinajstić information content (AvgIpc) is 2.01. The van der Waals surface area contributed by atoms with Crippen LogP contribution in [-0.2, 0) is 4.79 Å². The van der Waals surface area contributed by atoms with Crippen LogP contribution in [-0.4, -0.2) is 18.0 Å². The molecule has 0 fully saturated rings. The molecular formula is C10H22N2O. The van der Waals surface area contributed by atoms with Gasteiger partial charge in [-0.1, -0.05) is 20.8 Å². The van der Waals surface area contributed by atoms with Gasteiger partial charge in [0, 0.05) is 0 Å². The summed E-state index contributed by atoms with van der Waals surface area (Å²) in [7, 11) is 0. The number of likely N-dealkylation sites (N-methyl/N-ethyl adjacent to an activating group) is 1. The van der Waals surface area contributed by atoms with Crippen LogP contribution < -0.4 is 11.1 Å². The Morgan fingerprint density at radius 1 is 1.54 bits per heavy atom. The summed E-state index contributed by atoms with van der Waals surface area (Å²) in [4.78, 5) is 11.2. The number of hydrogen-bond donors (Lipinski definition) is 2. The van der Waals surface area contributed by atoms with Crippen LogP contribution in [0.25, 0.3) is 0 Å². The van der Waals surface area contributed by atoms with Crippen molar-refractivity contribution in [3.05, 3.63) is 0 Å². The molecule has 3 nitrogen and oxygen atoms in total. The molecule has 0 aliphatic carbocycles. The van der Waals surface area contributed by atoms with Gasteiger partial charge in [-0.25, -0.2) is 0 Å². The molecule has 1 unspecified atom stereocenters. The molecule has 0 radical (unpaired) electrons. The summed E-state index contributed by atoms with van der Waals surface area (Å²) in [5, 5.41) is 3.14. The van der Waals surface area contributed by atoms with Crippen molar-refractivity contribution in [1.82, 2.24) is 5.32 Å². The van der Waals surface area contributed by atoms with Gasteiger partial charge in [0.25, 0.3) is 0 Å². The monoisotopic (exact) mass is 186 g/mol. The largest absolute Gasteiger partial charge is 0.368 e. The third-order valence-electron chi connectivity index (χ3n) is 2.33. The SMILES string of the molecule is CCNC(C)(CCC(C)C)C(N)=O. The van der Waals surface area contributed by atoms with Gasteiger partial charge in [0.2, 0.25) is 5.91 Å². The molecule has 3 heteroatoms. The first-order valence-electron chi connectivity index (χ1n) is 4.97. The van der Waals surface area contributed by atoms with E-state index in [1.807, 2.05) is 13.8 Å². The Kier molecular flexibility index (Phi) is 4.99. The number of carbonyl (C=O) groups excluding carboxylic acids is 1. The minimum absolute atomic E-state index is 0.255. The van der Waals surface area contributed by atoms with Crippen LogP contribution in [0, 0.1) is 5.92 Å². The first-order valence-corrected chi connectivity index (χ1v) is 4.97. The van der Waals surface area contributed by atoms with E-state index in [9.17, 15) is 4.79 Å². The highest BCUT2D eigenvalue weighted by Gasteiger charge is 2.29. The van der Waals surface area contributed by atoms with E-state index >= 15 is 0 Å². The smallest absolute Gasteiger partial charge is 0.237 e. The van der Waals surface area contributed by atoms with Gasteiger partial charge in [0.1, 0.15) is 0 Å². The number of hydrogen-bond acceptors (Lipinski definition) is 2. The average molecular weight is 186 g/mol. The van der Waals surface area contributed by atoms with Gasteiger partial charge in [-0.15, -0.1) is 0 Å². The highest BCUT2D eigenvalue weighted by atomic mass is 16.1. The van der Waals surface area contributed by atoms with Crippen LogP contribution in [0.5, 0.6) is 0 Å². The second kappa shape index (κ2) is 5.22. The Morgan fingerprint density at radius 2 is 2.08 bits per heavy atom. The second-order valence-corrected chi connectivity index (χ2v) is 4.16. The number of nitrogens with two attached hydrogens (primary N) is 1. The Balaban J connectivity index is 4.16. The fraction of sp³-hybridized carbons (Fsp3) is 0.900. The van der Waals surface area contributed by atoms with Gasteiger partial charge >= 0.3 is 0 Å². The molecule has 3 N–H and O–H groups in total. The fourth-order valence-corrected chi connectivity index (χ4v) is 1.27. The molecule has 0 aromatic rings. The van der Waals surface area contributed by atoms with Crippen LogP contribution in [0.3, 0.4) is 0 Å². The van der Waals surface area contributed by atoms with E-state index in [0.29, 0.717) is 5.92 Å². The van der Waals surface area contributed by atoms with Crippen molar-refractivity contribution in [3.8, 4) is 0 Å². The predicted octanol–water partition coefficient (Wildman–Crippen LogP) is 1.28. The lowest BCUT2D eigenvalue weighted by Crippen LogP contribution is -2.53. The minimum atomic E-state index is -0.529. The van der Waals surface area contributed by atoms with Crippen LogP contribution in [0.4, 0.5) is 0 Å². The lowest BCUT2D eigenvalue weighted by atomic mass is 9.91. The van der Waals surface area contributed by atoms with Gasteiger partial charge < -0.3 is 11.1 Å². The summed E-state index contributed by atoms with van der Waals surface area (Å²) in [6, 6.07) is 0. The lowest BCUT2D eigenvalue weighted by molar-refractivity contribution is -0.124. The molecular weight excluding hydrogens is 164 g/mol. The van der Waals surface area contributed by atoms with E-state index in [0.717, 1.165) is 19.4 Å². The molecule has 1 atom stereocenters. The molecule has 0 saturated carbocycles. The zero-order chi connectivity index (χ0) is 10.5. The third kappa shape index (κ3) is 4.27. The van der Waals surface area contributed by atoms with E-state index in [1.54, 1.807) is 0 Å². The summed E-state index contributed by atoms with van der Waals surface area (Å²) in [5.41, 5.74) is 4.81. The summed E-state index contributed by atoms with van der Waals surface area (Å²) >= 11 is 0. The first-order chi connectivity index (χ1) is 5.92. The molecule has 0 saturated heterocycles. The topological polar surface area (TPSA) is 55.1 Å². The van der Waals surface area contributed by atoms with E-state index in [1.165, 1.54) is 0 Å². The minimum Gasteiger partial charge on any atom is -0.368 e. The van der Waals surface area contributed by atoms with Gasteiger partial charge in [-0.05, 0) is 32.2 Å². The maximum Gasteiger partial charge on any atom is 0.237 e. The van der Waals surface area contributed by atoms with Crippen molar-refractivity contribution in [2.24, 2.45) is 11.7 Å². The molecule has 0 aliphatic heterocycles. The Morgan fingerprint density at radius 3 is 2.38 bits per heavy atom. The predicted molar refractivity (Wildman–Crippen MR) is 55.3 cm³/mol. The molecule has 0 bridgehead atoms. The van der Waals surface area contributed by atoms with Crippen molar-refractivity contribution in [1.29, 1.82) is 0 Å². The summed E-state index contributed by atoms with van der Waals surface area (Å²) in [5.74, 6) is 0.354. The zero-order valence-corrected chi connectivity index (χ0v) is 9.18. The molecule has 78 valence electrons. The van der Waals surface area contributed by atoms with Gasteiger partial charge in [0.05, 0.1) is 5.54 Å². The molecule has 13 heavy (non-hydrogen) atoms. The maximum absolute atomic E-state index is 11.2. The van der Waals surface area contributed by atoms with Crippen LogP contribution in [0.15, 0.2) is 0 Å². The van der Waals surface area contributed by atoms with Crippen molar-refractivity contribution < 1.29 is 4.79 Å². The summed E-state index contributed by atoms with van der Waals surface area (Å²) in [6.07, 6.45) is 1.83. The van der Waals surface area contributed by atoms with Crippen LogP contribution in [0.1, 0.15) is 40.5 Å². The van der Waals surface area contributed by atoms with Crippen molar-refractivity contribution >= 4 is 5.91 Å². The third-order valence-corrected chi connectivity index (χ3v) is 2.33. The standard InChI is InChI=1S/C10H22N2O/c1-5-12-10(4,9(11)13)7-6-8(2)3/h8,12H,5-7H2,1-4H3,(H2,11,13). The van der Waals surface area contributed by atoms with Gasteiger partial charge in [-0.3, -0.25) is 4.79 Å². The molecule has 1 amide bonds. The molecule has 0 aromatic heterocycles. The first kappa shape index (κ1) is 12.4. The molecule has 0 spiro atoms. The van der Waals surface area contributed by atoms with E-state index < -0.39 is 5.54 Å². The zero-order valence-electron chi connectivity index (χ0n) is 9.18. The van der Waals surface area contributed by atoms with E-state index in [4.69, 9.17) is 5.73 Å². The van der Waals surface area contributed by atoms with Crippen molar-refractivity contribution in [3.63, 3.8) is 0 Å². The number of primary amides is 1. The summed E-state index contributed by atoms with van der Waals surface area (Å²) < 4.78 is 0. The van der Waals surface area contributed by atoms with E-state index in [-0.39, 0.29) is 5.91 Å². The summed E-state index contributed by atoms with van der Waals surface area (Å²) in [6.45, 7) is 8.93. The van der Waals surface area contributed by atoms with Gasteiger partial charge in [0.15, 0.2) is 0 Å².